The van der Waals surface area contributed by atoms with Crippen LogP contribution >= 0.6 is 0 Å². The SMILES string of the molecule is OC(CCCCCOCC(F)(F)F)c1ccccc1. The Balaban J connectivity index is 2.02. The maximum atomic E-state index is 11.8. The van der Waals surface area contributed by atoms with Gasteiger partial charge in [0.05, 0.1) is 6.10 Å². The zero-order chi connectivity index (χ0) is 14.1. The first-order chi connectivity index (χ1) is 8.99. The summed E-state index contributed by atoms with van der Waals surface area (Å²) in [4.78, 5) is 0. The largest absolute Gasteiger partial charge is 0.411 e. The molecule has 0 aliphatic heterocycles. The standard InChI is InChI=1S/C14H19F3O2/c15-14(16,17)11-19-10-6-2-5-9-13(18)12-7-3-1-4-8-12/h1,3-4,7-8,13,18H,2,5-6,9-11H2. The Morgan fingerprint density at radius 3 is 2.37 bits per heavy atom. The predicted octanol–water partition coefficient (Wildman–Crippen LogP) is 3.86. The summed E-state index contributed by atoms with van der Waals surface area (Å²) < 4.78 is 39.8. The maximum absolute atomic E-state index is 11.8. The summed E-state index contributed by atoms with van der Waals surface area (Å²) in [6.07, 6.45) is -2.03. The smallest absolute Gasteiger partial charge is 0.388 e. The van der Waals surface area contributed by atoms with Gasteiger partial charge in [-0.05, 0) is 18.4 Å². The molecule has 5 heteroatoms. The van der Waals surface area contributed by atoms with Crippen molar-refractivity contribution in [3.8, 4) is 0 Å². The van der Waals surface area contributed by atoms with Crippen molar-refractivity contribution in [3.05, 3.63) is 35.9 Å². The first-order valence-electron chi connectivity index (χ1n) is 6.36. The van der Waals surface area contributed by atoms with Gasteiger partial charge in [0.25, 0.3) is 0 Å². The van der Waals surface area contributed by atoms with Crippen LogP contribution in [0.4, 0.5) is 13.2 Å². The van der Waals surface area contributed by atoms with Crippen molar-refractivity contribution in [3.63, 3.8) is 0 Å². The second kappa shape index (κ2) is 8.17. The van der Waals surface area contributed by atoms with Crippen molar-refractivity contribution in [1.29, 1.82) is 0 Å². The summed E-state index contributed by atoms with van der Waals surface area (Å²) in [5.41, 5.74) is 0.871. The number of unbranched alkanes of at least 4 members (excludes halogenated alkanes) is 2. The number of aliphatic hydroxyl groups is 1. The van der Waals surface area contributed by atoms with E-state index in [4.69, 9.17) is 0 Å². The Morgan fingerprint density at radius 1 is 1.05 bits per heavy atom. The number of benzene rings is 1. The fourth-order valence-corrected chi connectivity index (χ4v) is 1.75. The molecule has 0 heterocycles. The number of hydrogen-bond donors (Lipinski definition) is 1. The van der Waals surface area contributed by atoms with Gasteiger partial charge in [0.2, 0.25) is 0 Å². The average Bonchev–Trinajstić information content (AvgIpc) is 2.37. The van der Waals surface area contributed by atoms with Crippen LogP contribution in [0.1, 0.15) is 37.4 Å². The van der Waals surface area contributed by atoms with Crippen LogP contribution in [0.2, 0.25) is 0 Å². The van der Waals surface area contributed by atoms with Gasteiger partial charge in [-0.15, -0.1) is 0 Å². The summed E-state index contributed by atoms with van der Waals surface area (Å²) >= 11 is 0. The van der Waals surface area contributed by atoms with E-state index in [2.05, 4.69) is 4.74 Å². The van der Waals surface area contributed by atoms with Crippen molar-refractivity contribution in [1.82, 2.24) is 0 Å². The molecule has 0 saturated carbocycles. The summed E-state index contributed by atoms with van der Waals surface area (Å²) in [6.45, 7) is -1.07. The first kappa shape index (κ1) is 16.0. The zero-order valence-electron chi connectivity index (χ0n) is 10.7. The van der Waals surface area contributed by atoms with E-state index in [0.717, 1.165) is 18.4 Å². The van der Waals surface area contributed by atoms with Gasteiger partial charge >= 0.3 is 6.18 Å². The van der Waals surface area contributed by atoms with Crippen LogP contribution in [-0.4, -0.2) is 24.5 Å². The van der Waals surface area contributed by atoms with Crippen molar-refractivity contribution in [2.75, 3.05) is 13.2 Å². The van der Waals surface area contributed by atoms with Crippen LogP contribution in [0.5, 0.6) is 0 Å². The average molecular weight is 276 g/mol. The number of hydrogen-bond acceptors (Lipinski definition) is 2. The molecule has 108 valence electrons. The quantitative estimate of drug-likeness (QED) is 0.731. The molecule has 0 fully saturated rings. The Kier molecular flexibility index (Phi) is 6.87. The highest BCUT2D eigenvalue weighted by Gasteiger charge is 2.27. The lowest BCUT2D eigenvalue weighted by molar-refractivity contribution is -0.174. The molecule has 2 nitrogen and oxygen atoms in total. The van der Waals surface area contributed by atoms with Crippen molar-refractivity contribution in [2.45, 2.75) is 38.0 Å². The highest BCUT2D eigenvalue weighted by atomic mass is 19.4. The number of alkyl halides is 3. The summed E-state index contributed by atoms with van der Waals surface area (Å²) in [6, 6.07) is 9.33. The fraction of sp³-hybridized carbons (Fsp3) is 0.571. The van der Waals surface area contributed by atoms with Crippen molar-refractivity contribution >= 4 is 0 Å². The summed E-state index contributed by atoms with van der Waals surface area (Å²) in [7, 11) is 0. The molecular formula is C14H19F3O2. The molecule has 1 atom stereocenters. The molecule has 0 aliphatic rings. The van der Waals surface area contributed by atoms with Crippen LogP contribution in [-0.2, 0) is 4.74 Å². The summed E-state index contributed by atoms with van der Waals surface area (Å²) in [5, 5.41) is 9.85. The van der Waals surface area contributed by atoms with E-state index < -0.39 is 18.9 Å². The molecular weight excluding hydrogens is 257 g/mol. The molecule has 0 aliphatic carbocycles. The molecule has 1 rings (SSSR count). The first-order valence-corrected chi connectivity index (χ1v) is 6.36. The van der Waals surface area contributed by atoms with E-state index in [1.807, 2.05) is 30.3 Å². The van der Waals surface area contributed by atoms with E-state index in [-0.39, 0.29) is 6.61 Å². The van der Waals surface area contributed by atoms with Gasteiger partial charge in [-0.25, -0.2) is 0 Å². The molecule has 1 unspecified atom stereocenters. The highest BCUT2D eigenvalue weighted by Crippen LogP contribution is 2.19. The van der Waals surface area contributed by atoms with Crippen LogP contribution in [0.25, 0.3) is 0 Å². The Morgan fingerprint density at radius 2 is 1.74 bits per heavy atom. The number of rotatable bonds is 8. The van der Waals surface area contributed by atoms with E-state index in [9.17, 15) is 18.3 Å². The Bertz CT molecular complexity index is 338. The summed E-state index contributed by atoms with van der Waals surface area (Å²) in [5.74, 6) is 0. The third kappa shape index (κ3) is 7.85. The molecule has 0 bridgehead atoms. The minimum Gasteiger partial charge on any atom is -0.388 e. The molecule has 1 aromatic carbocycles. The molecule has 0 aromatic heterocycles. The van der Waals surface area contributed by atoms with Gasteiger partial charge in [-0.3, -0.25) is 0 Å². The molecule has 0 radical (unpaired) electrons. The van der Waals surface area contributed by atoms with E-state index in [0.29, 0.717) is 12.8 Å². The molecule has 19 heavy (non-hydrogen) atoms. The topological polar surface area (TPSA) is 29.5 Å². The van der Waals surface area contributed by atoms with Gasteiger partial charge in [-0.1, -0.05) is 43.2 Å². The van der Waals surface area contributed by atoms with Crippen LogP contribution in [0, 0.1) is 0 Å². The monoisotopic (exact) mass is 276 g/mol. The fourth-order valence-electron chi connectivity index (χ4n) is 1.75. The Labute approximate surface area is 111 Å². The lowest BCUT2D eigenvalue weighted by Crippen LogP contribution is -2.17. The minimum absolute atomic E-state index is 0.112. The van der Waals surface area contributed by atoms with Gasteiger partial charge in [-0.2, -0.15) is 13.2 Å². The molecule has 0 amide bonds. The van der Waals surface area contributed by atoms with Gasteiger partial charge in [0.15, 0.2) is 0 Å². The third-order valence-electron chi connectivity index (χ3n) is 2.72. The number of aliphatic hydroxyl groups excluding tert-OH is 1. The van der Waals surface area contributed by atoms with Gasteiger partial charge in [0.1, 0.15) is 6.61 Å². The minimum atomic E-state index is -4.25. The van der Waals surface area contributed by atoms with Gasteiger partial charge < -0.3 is 9.84 Å². The van der Waals surface area contributed by atoms with Gasteiger partial charge in [0, 0.05) is 6.61 Å². The lowest BCUT2D eigenvalue weighted by atomic mass is 10.0. The third-order valence-corrected chi connectivity index (χ3v) is 2.72. The maximum Gasteiger partial charge on any atom is 0.411 e. The highest BCUT2D eigenvalue weighted by molar-refractivity contribution is 5.16. The number of ether oxygens (including phenoxy) is 1. The van der Waals surface area contributed by atoms with Crippen LogP contribution < -0.4 is 0 Å². The predicted molar refractivity (Wildman–Crippen MR) is 66.7 cm³/mol. The normalized spacial score (nSPS) is 13.5. The van der Waals surface area contributed by atoms with Crippen molar-refractivity contribution in [2.24, 2.45) is 0 Å². The molecule has 0 spiro atoms. The Hall–Kier alpha value is -1.07. The lowest BCUT2D eigenvalue weighted by Gasteiger charge is -2.11. The molecule has 0 saturated heterocycles. The number of halogens is 3. The van der Waals surface area contributed by atoms with E-state index in [1.165, 1.54) is 0 Å². The zero-order valence-corrected chi connectivity index (χ0v) is 10.7. The van der Waals surface area contributed by atoms with Crippen LogP contribution in [0.3, 0.4) is 0 Å². The second-order valence-electron chi connectivity index (χ2n) is 4.44. The van der Waals surface area contributed by atoms with Crippen molar-refractivity contribution < 1.29 is 23.0 Å². The second-order valence-corrected chi connectivity index (χ2v) is 4.44. The van der Waals surface area contributed by atoms with Crippen LogP contribution in [0.15, 0.2) is 30.3 Å². The molecule has 1 N–H and O–H groups in total. The van der Waals surface area contributed by atoms with E-state index in [1.54, 1.807) is 0 Å². The van der Waals surface area contributed by atoms with E-state index >= 15 is 0 Å². The molecule has 1 aromatic rings.